The lowest BCUT2D eigenvalue weighted by Crippen LogP contribution is -2.41. The summed E-state index contributed by atoms with van der Waals surface area (Å²) in [5, 5.41) is 12.5. The number of rotatable bonds is 8. The maximum atomic E-state index is 7.05. The summed E-state index contributed by atoms with van der Waals surface area (Å²) in [5.74, 6) is 0. The Hall–Kier alpha value is -7.66. The minimum absolute atomic E-state index is 0.859. The van der Waals surface area contributed by atoms with Crippen molar-refractivity contribution in [2.45, 2.75) is 20.0 Å². The highest BCUT2D eigenvalue weighted by Crippen LogP contribution is 2.50. The lowest BCUT2D eigenvalue weighted by atomic mass is 9.91. The van der Waals surface area contributed by atoms with Gasteiger partial charge in [0, 0.05) is 44.2 Å². The summed E-state index contributed by atoms with van der Waals surface area (Å²) in [6, 6.07) is 70.6. The lowest BCUT2D eigenvalue weighted by molar-refractivity contribution is 0.670. The van der Waals surface area contributed by atoms with Crippen LogP contribution in [0.5, 0.6) is 0 Å². The first-order chi connectivity index (χ1) is 30.9. The topological polar surface area (TPSA) is 19.6 Å². The van der Waals surface area contributed by atoms with Crippen molar-refractivity contribution in [3.8, 4) is 11.1 Å². The minimum Gasteiger partial charge on any atom is -0.453 e. The van der Waals surface area contributed by atoms with Gasteiger partial charge in [0.15, 0.2) is 5.58 Å². The highest BCUT2D eigenvalue weighted by Gasteiger charge is 2.37. The molecule has 2 heterocycles. The van der Waals surface area contributed by atoms with Crippen LogP contribution in [-0.4, -0.2) is 8.07 Å². The maximum Gasteiger partial charge on any atom is 0.159 e. The maximum absolute atomic E-state index is 7.05. The van der Waals surface area contributed by atoms with Gasteiger partial charge in [-0.05, 0) is 105 Å². The number of para-hydroxylation sites is 4. The number of nitrogens with zero attached hydrogens (tertiary/aromatic N) is 2. The Kier molecular flexibility index (Phi) is 8.37. The second kappa shape index (κ2) is 14.2. The molecule has 11 aromatic rings. The van der Waals surface area contributed by atoms with Gasteiger partial charge >= 0.3 is 0 Å². The van der Waals surface area contributed by atoms with Crippen molar-refractivity contribution in [3.63, 3.8) is 0 Å². The van der Waals surface area contributed by atoms with Crippen molar-refractivity contribution >= 4 is 107 Å². The summed E-state index contributed by atoms with van der Waals surface area (Å²) >= 11 is 0. The largest absolute Gasteiger partial charge is 0.453 e. The molecule has 0 saturated heterocycles. The summed E-state index contributed by atoms with van der Waals surface area (Å²) in [4.78, 5) is 4.85. The van der Waals surface area contributed by atoms with Crippen LogP contribution in [0.1, 0.15) is 12.5 Å². The second-order valence-electron chi connectivity index (χ2n) is 17.3. The van der Waals surface area contributed by atoms with Crippen molar-refractivity contribution in [3.05, 3.63) is 218 Å². The minimum atomic E-state index is -1.88. The first-order valence-corrected chi connectivity index (χ1v) is 24.8. The van der Waals surface area contributed by atoms with Crippen molar-refractivity contribution in [2.75, 3.05) is 9.80 Å². The molecule has 10 aromatic carbocycles. The normalized spacial score (nSPS) is 13.4. The third-order valence-corrected chi connectivity index (χ3v) is 17.6. The standard InChI is InChI=1S/C59H44N2OSi/c1-5-45-38(2)63(3,4)55-37-44(31-34-47(45)55)60(42-19-11-7-12-20-42)52-35-29-40-28-33-51-53(36-30-41-27-32-50(52)56(40)57(41)51)61(43-21-13-8-14-22-43)54-26-16-25-49-48-24-15-23-46(58(48)62-59(49)54)39-17-9-6-10-18-39/h5-37H,1H2,2-4H3. The monoisotopic (exact) mass is 824 g/mol. The molecule has 0 bridgehead atoms. The van der Waals surface area contributed by atoms with Gasteiger partial charge in [0.2, 0.25) is 0 Å². The molecule has 300 valence electrons. The van der Waals surface area contributed by atoms with Gasteiger partial charge in [-0.25, -0.2) is 0 Å². The molecule has 0 saturated carbocycles. The first-order valence-electron chi connectivity index (χ1n) is 21.8. The van der Waals surface area contributed by atoms with Crippen LogP contribution in [0.25, 0.3) is 71.0 Å². The smallest absolute Gasteiger partial charge is 0.159 e. The van der Waals surface area contributed by atoms with Crippen LogP contribution in [0, 0.1) is 0 Å². The van der Waals surface area contributed by atoms with E-state index >= 15 is 0 Å². The SMILES string of the molecule is C=CC1=C(C)[Si](C)(C)c2cc(N(c3ccccc3)c3ccc4ccc5c(N(c6ccccc6)c6cccc7c6oc6c(-c8ccccc8)cccc67)ccc6ccc3c4c65)ccc21. The molecule has 0 radical (unpaired) electrons. The van der Waals surface area contributed by atoms with Gasteiger partial charge in [0.25, 0.3) is 0 Å². The van der Waals surface area contributed by atoms with E-state index in [0.29, 0.717) is 0 Å². The first kappa shape index (κ1) is 37.1. The zero-order chi connectivity index (χ0) is 42.4. The number of anilines is 6. The molecular weight excluding hydrogens is 781 g/mol. The summed E-state index contributed by atoms with van der Waals surface area (Å²) in [7, 11) is -1.88. The molecule has 63 heavy (non-hydrogen) atoms. The lowest BCUT2D eigenvalue weighted by Gasteiger charge is -2.30. The summed E-state index contributed by atoms with van der Waals surface area (Å²) in [6.45, 7) is 11.5. The predicted octanol–water partition coefficient (Wildman–Crippen LogP) is 16.5. The van der Waals surface area contributed by atoms with Crippen molar-refractivity contribution in [1.82, 2.24) is 0 Å². The van der Waals surface area contributed by atoms with Crippen molar-refractivity contribution in [2.24, 2.45) is 0 Å². The number of hydrogen-bond acceptors (Lipinski definition) is 3. The predicted molar refractivity (Wildman–Crippen MR) is 272 cm³/mol. The second-order valence-corrected chi connectivity index (χ2v) is 21.9. The highest BCUT2D eigenvalue weighted by atomic mass is 28.3. The van der Waals surface area contributed by atoms with E-state index in [0.717, 1.165) is 61.5 Å². The Labute approximate surface area is 368 Å². The average molecular weight is 825 g/mol. The number of allylic oxidation sites excluding steroid dienone is 3. The van der Waals surface area contributed by atoms with E-state index in [4.69, 9.17) is 4.42 Å². The third-order valence-electron chi connectivity index (χ3n) is 13.7. The molecule has 0 aliphatic carbocycles. The molecule has 1 aliphatic heterocycles. The van der Waals surface area contributed by atoms with Gasteiger partial charge in [0.05, 0.1) is 17.1 Å². The summed E-state index contributed by atoms with van der Waals surface area (Å²) < 4.78 is 7.05. The molecule has 0 N–H and O–H groups in total. The Morgan fingerprint density at radius 2 is 1.02 bits per heavy atom. The molecule has 0 amide bonds. The Bertz CT molecular complexity index is 3620. The Morgan fingerprint density at radius 1 is 0.460 bits per heavy atom. The molecule has 0 unspecified atom stereocenters. The third kappa shape index (κ3) is 5.58. The number of hydrogen-bond donors (Lipinski definition) is 0. The molecule has 12 rings (SSSR count). The van der Waals surface area contributed by atoms with Gasteiger partial charge in [0.1, 0.15) is 13.7 Å². The van der Waals surface area contributed by atoms with Crippen LogP contribution in [0.2, 0.25) is 13.1 Å². The van der Waals surface area contributed by atoms with E-state index in [2.05, 4.69) is 237 Å². The van der Waals surface area contributed by atoms with Crippen LogP contribution < -0.4 is 15.0 Å². The van der Waals surface area contributed by atoms with Gasteiger partial charge in [-0.1, -0.05) is 170 Å². The summed E-state index contributed by atoms with van der Waals surface area (Å²) in [5.41, 5.74) is 13.2. The number of benzene rings is 10. The van der Waals surface area contributed by atoms with Gasteiger partial charge in [-0.15, -0.1) is 0 Å². The van der Waals surface area contributed by atoms with Crippen LogP contribution in [0.15, 0.2) is 216 Å². The fourth-order valence-electron chi connectivity index (χ4n) is 10.4. The highest BCUT2D eigenvalue weighted by molar-refractivity contribution is 6.98. The van der Waals surface area contributed by atoms with E-state index in [-0.39, 0.29) is 0 Å². The fourth-order valence-corrected chi connectivity index (χ4v) is 13.1. The van der Waals surface area contributed by atoms with Gasteiger partial charge in [-0.2, -0.15) is 0 Å². The molecule has 1 aliphatic rings. The van der Waals surface area contributed by atoms with Crippen LogP contribution in [0.4, 0.5) is 34.1 Å². The summed E-state index contributed by atoms with van der Waals surface area (Å²) in [6.07, 6.45) is 2.05. The molecular formula is C59H44N2OSi. The van der Waals surface area contributed by atoms with E-state index in [1.165, 1.54) is 59.5 Å². The average Bonchev–Trinajstić information content (AvgIpc) is 3.81. The Morgan fingerprint density at radius 3 is 1.65 bits per heavy atom. The molecule has 1 aromatic heterocycles. The van der Waals surface area contributed by atoms with Crippen molar-refractivity contribution < 1.29 is 4.42 Å². The van der Waals surface area contributed by atoms with Crippen molar-refractivity contribution in [1.29, 1.82) is 0 Å². The van der Waals surface area contributed by atoms with E-state index in [1.54, 1.807) is 0 Å². The molecule has 0 atom stereocenters. The van der Waals surface area contributed by atoms with Crippen LogP contribution in [-0.2, 0) is 0 Å². The van der Waals surface area contributed by atoms with E-state index in [1.807, 2.05) is 0 Å². The molecule has 3 nitrogen and oxygen atoms in total. The zero-order valence-corrected chi connectivity index (χ0v) is 36.6. The molecule has 0 fully saturated rings. The van der Waals surface area contributed by atoms with Gasteiger partial charge in [-0.3, -0.25) is 0 Å². The number of fused-ring (bicyclic) bond motifs is 4. The Balaban J connectivity index is 1.09. The van der Waals surface area contributed by atoms with E-state index in [9.17, 15) is 0 Å². The van der Waals surface area contributed by atoms with Crippen LogP contribution >= 0.6 is 0 Å². The van der Waals surface area contributed by atoms with E-state index < -0.39 is 8.07 Å². The zero-order valence-electron chi connectivity index (χ0n) is 35.6. The van der Waals surface area contributed by atoms with Gasteiger partial charge < -0.3 is 14.2 Å². The molecule has 0 spiro atoms. The quantitative estimate of drug-likeness (QED) is 0.112. The van der Waals surface area contributed by atoms with Crippen LogP contribution in [0.3, 0.4) is 0 Å². The molecule has 4 heteroatoms. The fraction of sp³-hybridized carbons (Fsp3) is 0.0508. The number of furan rings is 1.